The third kappa shape index (κ3) is 8.21. The number of hydrogen-bond donors (Lipinski definition) is 0. The van der Waals surface area contributed by atoms with Gasteiger partial charge in [-0.2, -0.15) is 12.1 Å². The summed E-state index contributed by atoms with van der Waals surface area (Å²) >= 11 is -1.85. The van der Waals surface area contributed by atoms with Crippen LogP contribution in [0.2, 0.25) is 0 Å². The molecular weight excluding hydrogens is 583 g/mol. The zero-order valence-corrected chi connectivity index (χ0v) is 26.5. The molecule has 196 valence electrons. The van der Waals surface area contributed by atoms with Gasteiger partial charge in [-0.25, -0.2) is 0 Å². The molecule has 0 fully saturated rings. The predicted molar refractivity (Wildman–Crippen MR) is 171 cm³/mol. The first kappa shape index (κ1) is 31.6. The minimum atomic E-state index is -1.85. The van der Waals surface area contributed by atoms with E-state index in [0.717, 1.165) is 0 Å². The fraction of sp³-hybridized carbons (Fsp3) is 0.0571. The molecule has 0 radical (unpaired) electrons. The molecule has 0 aliphatic carbocycles. The standard InChI is InChI=1S/2C16H13.2CH3.CH2.2ClH.Zr/c2*1-12-10-14-8-5-9-15(16(14)11-12)13-6-3-2-4-7-13;;;;;;/h2*2-11H,1H3;2*1H3;1H2;2*1H;/q4*-1;;;;+2/p-2. The predicted octanol–water partition coefficient (Wildman–Crippen LogP) is 11.3. The van der Waals surface area contributed by atoms with Crippen LogP contribution >= 0.6 is 17.0 Å². The average Bonchev–Trinajstić information content (AvgIpc) is 3.45. The van der Waals surface area contributed by atoms with Gasteiger partial charge in [0.25, 0.3) is 0 Å². The van der Waals surface area contributed by atoms with Crippen LogP contribution in [0.4, 0.5) is 0 Å². The van der Waals surface area contributed by atoms with Crippen molar-refractivity contribution in [2.45, 2.75) is 13.8 Å². The maximum Gasteiger partial charge on any atom is -0.358 e. The van der Waals surface area contributed by atoms with E-state index in [9.17, 15) is 0 Å². The van der Waals surface area contributed by atoms with Gasteiger partial charge in [0.1, 0.15) is 0 Å². The van der Waals surface area contributed by atoms with Crippen LogP contribution in [-0.4, -0.2) is 4.21 Å². The topological polar surface area (TPSA) is 0 Å². The van der Waals surface area contributed by atoms with Crippen LogP contribution in [0, 0.1) is 28.7 Å². The van der Waals surface area contributed by atoms with Crippen molar-refractivity contribution < 1.29 is 18.9 Å². The second-order valence-corrected chi connectivity index (χ2v) is 17.0. The van der Waals surface area contributed by atoms with Crippen LogP contribution in [0.5, 0.6) is 0 Å². The Kier molecular flexibility index (Phi) is 12.6. The molecule has 0 atom stereocenters. The Hall–Kier alpha value is -2.57. The molecule has 0 aliphatic rings. The van der Waals surface area contributed by atoms with Crippen LogP contribution < -0.4 is 0 Å². The summed E-state index contributed by atoms with van der Waals surface area (Å²) in [6.45, 7) is 4.30. The summed E-state index contributed by atoms with van der Waals surface area (Å²) in [5.74, 6) is 0. The molecule has 6 rings (SSSR count). The first-order valence-corrected chi connectivity index (χ1v) is 19.9. The van der Waals surface area contributed by atoms with Gasteiger partial charge in [0, 0.05) is 0 Å². The number of halogens is 2. The van der Waals surface area contributed by atoms with Crippen molar-refractivity contribution in [3.05, 3.63) is 147 Å². The van der Waals surface area contributed by atoms with Crippen molar-refractivity contribution in [1.82, 2.24) is 0 Å². The van der Waals surface area contributed by atoms with Crippen LogP contribution in [0.25, 0.3) is 43.8 Å². The fourth-order valence-corrected chi connectivity index (χ4v) is 4.51. The molecule has 0 aromatic heterocycles. The first-order valence-electron chi connectivity index (χ1n) is 11.9. The Morgan fingerprint density at radius 3 is 1.24 bits per heavy atom. The van der Waals surface area contributed by atoms with E-state index in [2.05, 4.69) is 139 Å². The number of aryl methyl sites for hydroxylation is 2. The van der Waals surface area contributed by atoms with E-state index in [1.54, 1.807) is 0 Å². The molecule has 0 heterocycles. The van der Waals surface area contributed by atoms with Crippen molar-refractivity contribution in [3.63, 3.8) is 0 Å². The number of benzene rings is 4. The zero-order valence-electron chi connectivity index (χ0n) is 22.5. The molecule has 6 aromatic carbocycles. The van der Waals surface area contributed by atoms with Crippen LogP contribution in [-0.2, 0) is 18.9 Å². The summed E-state index contributed by atoms with van der Waals surface area (Å²) in [6, 6.07) is 43.1. The van der Waals surface area contributed by atoms with Crippen LogP contribution in [0.15, 0.2) is 121 Å². The Morgan fingerprint density at radius 2 is 0.895 bits per heavy atom. The van der Waals surface area contributed by atoms with Gasteiger partial charge < -0.3 is 14.9 Å². The van der Waals surface area contributed by atoms with Gasteiger partial charge in [-0.15, -0.1) is 69.1 Å². The third-order valence-corrected chi connectivity index (χ3v) is 5.96. The van der Waals surface area contributed by atoms with Crippen molar-refractivity contribution in [3.8, 4) is 22.3 Å². The summed E-state index contributed by atoms with van der Waals surface area (Å²) < 4.78 is 3.37. The summed E-state index contributed by atoms with van der Waals surface area (Å²) in [5.41, 5.74) is 7.89. The van der Waals surface area contributed by atoms with Crippen LogP contribution in [0.3, 0.4) is 0 Å². The second-order valence-electron chi connectivity index (χ2n) is 8.75. The van der Waals surface area contributed by atoms with Gasteiger partial charge >= 0.3 is 40.1 Å². The molecule has 38 heavy (non-hydrogen) atoms. The molecule has 6 aromatic rings. The fourth-order valence-electron chi connectivity index (χ4n) is 4.51. The molecular formula is C35H34Cl2Zr-4. The van der Waals surface area contributed by atoms with Gasteiger partial charge in [0.2, 0.25) is 0 Å². The third-order valence-electron chi connectivity index (χ3n) is 5.96. The minimum Gasteiger partial charge on any atom is -0.358 e. The molecule has 0 aliphatic heterocycles. The molecule has 0 amide bonds. The van der Waals surface area contributed by atoms with E-state index in [1.807, 2.05) is 0 Å². The summed E-state index contributed by atoms with van der Waals surface area (Å²) in [6.07, 6.45) is 0. The van der Waals surface area contributed by atoms with Crippen molar-refractivity contribution in [2.75, 3.05) is 0 Å². The van der Waals surface area contributed by atoms with Gasteiger partial charge in [0.15, 0.2) is 0 Å². The van der Waals surface area contributed by atoms with E-state index >= 15 is 0 Å². The van der Waals surface area contributed by atoms with Gasteiger partial charge in [-0.3, -0.25) is 0 Å². The van der Waals surface area contributed by atoms with E-state index in [4.69, 9.17) is 17.0 Å². The van der Waals surface area contributed by atoms with Crippen molar-refractivity contribution in [2.24, 2.45) is 0 Å². The monoisotopic (exact) mass is 614 g/mol. The Labute approximate surface area is 243 Å². The number of rotatable bonds is 2. The summed E-state index contributed by atoms with van der Waals surface area (Å²) in [7, 11) is 10.3. The maximum absolute atomic E-state index is 5.13. The van der Waals surface area contributed by atoms with Crippen molar-refractivity contribution in [1.29, 1.82) is 0 Å². The Bertz CT molecular complexity index is 1460. The first-order chi connectivity index (χ1) is 17.4. The number of hydrogen-bond acceptors (Lipinski definition) is 0. The molecule has 0 unspecified atom stereocenters. The SMILES string of the molecule is Cc1cc2c(-c3ccccc3)cccc2[cH-]1.Cc1cc2c(-c3ccccc3)cccc2[cH-]1.[CH2]=[Zr]([Cl])[Cl].[CH3-].[CH3-]. The second kappa shape index (κ2) is 15.1. The number of fused-ring (bicyclic) bond motifs is 2. The smallest absolute Gasteiger partial charge is 0.358 e. The van der Waals surface area contributed by atoms with Crippen molar-refractivity contribution >= 4 is 42.8 Å². The quantitative estimate of drug-likeness (QED) is 0.170. The minimum absolute atomic E-state index is 0. The van der Waals surface area contributed by atoms with Gasteiger partial charge in [-0.1, -0.05) is 97.8 Å². The zero-order chi connectivity index (χ0) is 25.5. The average molecular weight is 617 g/mol. The molecule has 0 nitrogen and oxygen atoms in total. The van der Waals surface area contributed by atoms with Crippen LogP contribution in [0.1, 0.15) is 11.1 Å². The van der Waals surface area contributed by atoms with Gasteiger partial charge in [-0.05, 0) is 11.1 Å². The molecule has 0 spiro atoms. The molecule has 3 heteroatoms. The molecule has 0 saturated heterocycles. The van der Waals surface area contributed by atoms with Gasteiger partial charge in [0.05, 0.1) is 0 Å². The summed E-state index contributed by atoms with van der Waals surface area (Å²) in [5, 5.41) is 5.37. The van der Waals surface area contributed by atoms with E-state index in [0.29, 0.717) is 0 Å². The maximum atomic E-state index is 5.13. The Balaban J connectivity index is 0.000000224. The van der Waals surface area contributed by atoms with E-state index in [1.165, 1.54) is 54.9 Å². The normalized spacial score (nSPS) is 9.79. The molecule has 0 bridgehead atoms. The largest absolute Gasteiger partial charge is 0.358 e. The van der Waals surface area contributed by atoms with E-state index in [-0.39, 0.29) is 14.9 Å². The molecule has 0 N–H and O–H groups in total. The Morgan fingerprint density at radius 1 is 0.553 bits per heavy atom. The molecule has 0 saturated carbocycles. The van der Waals surface area contributed by atoms with E-state index < -0.39 is 18.9 Å². The summed E-state index contributed by atoms with van der Waals surface area (Å²) in [4.78, 5) is 0.